The summed E-state index contributed by atoms with van der Waals surface area (Å²) in [5.74, 6) is 4.11. The van der Waals surface area contributed by atoms with Crippen LogP contribution in [0.25, 0.3) is 10.8 Å². The maximum Gasteiger partial charge on any atom is 0.318 e. The van der Waals surface area contributed by atoms with Crippen molar-refractivity contribution in [2.75, 3.05) is 47.5 Å². The number of phenolic OH excluding ortho intramolecular Hbond substituents is 1. The number of terminal acetylenes is 1. The maximum absolute atomic E-state index is 10.7. The van der Waals surface area contributed by atoms with E-state index in [-0.39, 0.29) is 11.3 Å². The largest absolute Gasteiger partial charge is 0.508 e. The molecule has 228 valence electrons. The SMILES string of the molecule is C#Cc1cccc2cc(O)cc(N3CCc4c(nc(OCC56CCCN5c5cccnc5C6)nc4N4CC5CCC(C4)N5)C3)c12. The Morgan fingerprint density at radius 2 is 1.91 bits per heavy atom. The lowest BCUT2D eigenvalue weighted by Gasteiger charge is -2.38. The van der Waals surface area contributed by atoms with Crippen LogP contribution in [0.1, 0.15) is 48.2 Å². The van der Waals surface area contributed by atoms with Gasteiger partial charge in [-0.2, -0.15) is 9.97 Å². The number of aromatic nitrogens is 3. The summed E-state index contributed by atoms with van der Waals surface area (Å²) in [5, 5.41) is 16.4. The van der Waals surface area contributed by atoms with Crippen molar-refractivity contribution in [3.8, 4) is 24.1 Å². The lowest BCUT2D eigenvalue weighted by atomic mass is 9.95. The van der Waals surface area contributed by atoms with E-state index in [0.29, 0.717) is 31.2 Å². The summed E-state index contributed by atoms with van der Waals surface area (Å²) >= 11 is 0. The van der Waals surface area contributed by atoms with Crippen LogP contribution in [0.3, 0.4) is 0 Å². The van der Waals surface area contributed by atoms with Gasteiger partial charge < -0.3 is 29.9 Å². The predicted octanol–water partition coefficient (Wildman–Crippen LogP) is 4.19. The molecule has 4 aromatic rings. The average molecular weight is 600 g/mol. The molecule has 9 heteroatoms. The molecular weight excluding hydrogens is 562 g/mol. The number of hydrogen-bond acceptors (Lipinski definition) is 9. The van der Waals surface area contributed by atoms with Crippen LogP contribution in [-0.4, -0.2) is 70.5 Å². The van der Waals surface area contributed by atoms with E-state index in [9.17, 15) is 5.11 Å². The summed E-state index contributed by atoms with van der Waals surface area (Å²) in [4.78, 5) is 22.2. The zero-order valence-electron chi connectivity index (χ0n) is 25.4. The minimum Gasteiger partial charge on any atom is -0.508 e. The number of anilines is 3. The van der Waals surface area contributed by atoms with Crippen molar-refractivity contribution in [3.63, 3.8) is 0 Å². The molecule has 5 aliphatic rings. The number of ether oxygens (including phenoxy) is 1. The van der Waals surface area contributed by atoms with E-state index in [1.807, 2.05) is 36.5 Å². The Morgan fingerprint density at radius 3 is 2.78 bits per heavy atom. The Labute approximate surface area is 263 Å². The summed E-state index contributed by atoms with van der Waals surface area (Å²) < 4.78 is 6.64. The lowest BCUT2D eigenvalue weighted by Crippen LogP contribution is -2.52. The number of rotatable bonds is 5. The van der Waals surface area contributed by atoms with Crippen molar-refractivity contribution < 1.29 is 9.84 Å². The third-order valence-corrected chi connectivity index (χ3v) is 10.7. The van der Waals surface area contributed by atoms with Crippen LogP contribution in [0.2, 0.25) is 0 Å². The van der Waals surface area contributed by atoms with Gasteiger partial charge in [0.25, 0.3) is 0 Å². The molecular formula is C36H37N7O2. The van der Waals surface area contributed by atoms with E-state index >= 15 is 0 Å². The zero-order chi connectivity index (χ0) is 30.1. The van der Waals surface area contributed by atoms with Gasteiger partial charge in [0.2, 0.25) is 0 Å². The molecule has 0 amide bonds. The number of nitrogens with one attached hydrogen (secondary N) is 1. The van der Waals surface area contributed by atoms with Crippen LogP contribution in [0, 0.1) is 12.3 Å². The highest BCUT2D eigenvalue weighted by molar-refractivity contribution is 6.00. The molecule has 2 aromatic heterocycles. The van der Waals surface area contributed by atoms with Gasteiger partial charge in [-0.3, -0.25) is 4.98 Å². The van der Waals surface area contributed by atoms with Crippen LogP contribution in [0.4, 0.5) is 17.2 Å². The summed E-state index contributed by atoms with van der Waals surface area (Å²) in [5.41, 5.74) is 6.24. The normalized spacial score (nSPS) is 24.8. The highest BCUT2D eigenvalue weighted by Gasteiger charge is 2.48. The summed E-state index contributed by atoms with van der Waals surface area (Å²) in [7, 11) is 0. The van der Waals surface area contributed by atoms with Gasteiger partial charge >= 0.3 is 6.01 Å². The molecule has 3 unspecified atom stereocenters. The third-order valence-electron chi connectivity index (χ3n) is 10.7. The van der Waals surface area contributed by atoms with Crippen LogP contribution in [0.5, 0.6) is 11.8 Å². The first-order valence-corrected chi connectivity index (χ1v) is 16.3. The monoisotopic (exact) mass is 599 g/mol. The van der Waals surface area contributed by atoms with Crippen molar-refractivity contribution in [2.24, 2.45) is 0 Å². The quantitative estimate of drug-likeness (QED) is 0.328. The van der Waals surface area contributed by atoms with E-state index in [1.165, 1.54) is 24.1 Å². The fourth-order valence-corrected chi connectivity index (χ4v) is 8.67. The van der Waals surface area contributed by atoms with E-state index in [4.69, 9.17) is 26.1 Å². The minimum absolute atomic E-state index is 0.109. The van der Waals surface area contributed by atoms with E-state index < -0.39 is 0 Å². The second kappa shape index (κ2) is 10.2. The number of fused-ring (bicyclic) bond motifs is 7. The highest BCUT2D eigenvalue weighted by Crippen LogP contribution is 2.45. The van der Waals surface area contributed by atoms with Gasteiger partial charge in [0, 0.05) is 79.1 Å². The Hall–Kier alpha value is -4.55. The van der Waals surface area contributed by atoms with Crippen LogP contribution >= 0.6 is 0 Å². The van der Waals surface area contributed by atoms with Gasteiger partial charge in [-0.25, -0.2) is 0 Å². The maximum atomic E-state index is 10.7. The first-order valence-electron chi connectivity index (χ1n) is 16.3. The zero-order valence-corrected chi connectivity index (χ0v) is 25.4. The van der Waals surface area contributed by atoms with Gasteiger partial charge in [0.05, 0.1) is 29.2 Å². The summed E-state index contributed by atoms with van der Waals surface area (Å²) in [6, 6.07) is 15.2. The van der Waals surface area contributed by atoms with Gasteiger partial charge in [-0.15, -0.1) is 6.42 Å². The number of nitrogens with zero attached hydrogens (tertiary/aromatic N) is 6. The number of piperazine rings is 1. The first kappa shape index (κ1) is 26.8. The molecule has 2 N–H and O–H groups in total. The summed E-state index contributed by atoms with van der Waals surface area (Å²) in [6.07, 6.45) is 14.2. The number of phenols is 1. The molecule has 7 heterocycles. The standard InChI is InChI=1S/C36H37N7O2/c1-2-23-6-3-7-24-16-27(44)17-32(33(23)24)41-15-11-28-30(21-41)39-35(40-34(28)42-19-25-9-10-26(20-42)38-25)45-22-36-12-5-14-43(36)31-8-4-13-37-29(31)18-36/h1,3-4,6-8,13,16-17,25-26,38,44H,5,9-12,14-15,18-22H2. The molecule has 0 saturated carbocycles. The topological polar surface area (TPSA) is 89.9 Å². The van der Waals surface area contributed by atoms with E-state index in [2.05, 4.69) is 32.0 Å². The molecule has 45 heavy (non-hydrogen) atoms. The Balaban J connectivity index is 1.08. The van der Waals surface area contributed by atoms with Crippen molar-refractivity contribution in [2.45, 2.75) is 62.7 Å². The first-order chi connectivity index (χ1) is 22.1. The lowest BCUT2D eigenvalue weighted by molar-refractivity contribution is 0.207. The smallest absolute Gasteiger partial charge is 0.318 e. The van der Waals surface area contributed by atoms with Crippen LogP contribution in [-0.2, 0) is 19.4 Å². The molecule has 3 atom stereocenters. The third kappa shape index (κ3) is 4.38. The fraction of sp³-hybridized carbons (Fsp3) is 0.417. The Morgan fingerprint density at radius 1 is 1.02 bits per heavy atom. The molecule has 0 aliphatic carbocycles. The molecule has 0 radical (unpaired) electrons. The van der Waals surface area contributed by atoms with Crippen molar-refractivity contribution >= 4 is 28.0 Å². The van der Waals surface area contributed by atoms with Gasteiger partial charge in [0.15, 0.2) is 0 Å². The second-order valence-electron chi connectivity index (χ2n) is 13.4. The van der Waals surface area contributed by atoms with Crippen LogP contribution < -0.4 is 24.8 Å². The molecule has 2 aromatic carbocycles. The molecule has 9 nitrogen and oxygen atoms in total. The highest BCUT2D eigenvalue weighted by atomic mass is 16.5. The number of hydrogen-bond donors (Lipinski definition) is 2. The van der Waals surface area contributed by atoms with E-state index in [0.717, 1.165) is 91.1 Å². The number of pyridine rings is 1. The van der Waals surface area contributed by atoms with E-state index in [1.54, 1.807) is 6.07 Å². The Kier molecular flexibility index (Phi) is 6.11. The summed E-state index contributed by atoms with van der Waals surface area (Å²) in [6.45, 7) is 4.82. The molecule has 9 rings (SSSR count). The minimum atomic E-state index is -0.109. The van der Waals surface area contributed by atoms with Crippen molar-refractivity contribution in [1.29, 1.82) is 0 Å². The second-order valence-corrected chi connectivity index (χ2v) is 13.4. The van der Waals surface area contributed by atoms with Crippen LogP contribution in [0.15, 0.2) is 48.7 Å². The predicted molar refractivity (Wildman–Crippen MR) is 175 cm³/mol. The number of aromatic hydroxyl groups is 1. The Bertz CT molecular complexity index is 1860. The molecule has 3 fully saturated rings. The molecule has 5 aliphatic heterocycles. The van der Waals surface area contributed by atoms with Crippen molar-refractivity contribution in [3.05, 3.63) is 71.2 Å². The fourth-order valence-electron chi connectivity index (χ4n) is 8.67. The molecule has 2 bridgehead atoms. The molecule has 0 spiro atoms. The van der Waals surface area contributed by atoms with Gasteiger partial charge in [-0.05, 0) is 61.8 Å². The average Bonchev–Trinajstić information content (AvgIpc) is 3.72. The van der Waals surface area contributed by atoms with Gasteiger partial charge in [0.1, 0.15) is 18.2 Å². The number of benzene rings is 2. The van der Waals surface area contributed by atoms with Crippen molar-refractivity contribution in [1.82, 2.24) is 20.3 Å². The molecule has 3 saturated heterocycles. The van der Waals surface area contributed by atoms with Gasteiger partial charge in [-0.1, -0.05) is 18.1 Å².